The number of carboxylic acid groups (broad SMARTS) is 1. The molecule has 0 bridgehead atoms. The maximum Gasteiger partial charge on any atom is 0.330 e. The fraction of sp³-hybridized carbons (Fsp3) is 0.750. The van der Waals surface area contributed by atoms with Crippen molar-refractivity contribution < 1.29 is 18.8 Å². The van der Waals surface area contributed by atoms with Crippen LogP contribution in [0.25, 0.3) is 0 Å². The van der Waals surface area contributed by atoms with Crippen molar-refractivity contribution in [3.63, 3.8) is 0 Å². The summed E-state index contributed by atoms with van der Waals surface area (Å²) in [4.78, 5) is 11.0. The summed E-state index contributed by atoms with van der Waals surface area (Å²) < 4.78 is 11.7. The zero-order valence-corrected chi connectivity index (χ0v) is 14.7. The molecule has 0 aliphatic heterocycles. The van der Waals surface area contributed by atoms with E-state index in [2.05, 4.69) is 6.58 Å². The fourth-order valence-corrected chi connectivity index (χ4v) is 10.7. The lowest BCUT2D eigenvalue weighted by Crippen LogP contribution is -2.38. The summed E-state index contributed by atoms with van der Waals surface area (Å²) in [6, 6.07) is 0. The summed E-state index contributed by atoms with van der Waals surface area (Å²) in [7, 11) is -2.43. The minimum absolute atomic E-state index is 0.0802. The van der Waals surface area contributed by atoms with Gasteiger partial charge in [-0.3, -0.25) is 0 Å². The minimum atomic E-state index is -1.71. The smallest absolute Gasteiger partial charge is 0.330 e. The van der Waals surface area contributed by atoms with E-state index in [-0.39, 0.29) is 17.7 Å². The van der Waals surface area contributed by atoms with Crippen molar-refractivity contribution in [2.24, 2.45) is 0 Å². The highest BCUT2D eigenvalue weighted by atomic mass is 29.2. The fourth-order valence-electron chi connectivity index (χ4n) is 1.71. The van der Waals surface area contributed by atoms with E-state index in [9.17, 15) is 4.79 Å². The summed E-state index contributed by atoms with van der Waals surface area (Å²) in [6.07, 6.45) is 1.09. The molecule has 0 heterocycles. The lowest BCUT2D eigenvalue weighted by molar-refractivity contribution is -0.132. The summed E-state index contributed by atoms with van der Waals surface area (Å²) >= 11 is 0. The van der Waals surface area contributed by atoms with Crippen LogP contribution in [0.3, 0.4) is 0 Å². The number of rotatable bonds is 9. The highest BCUT2D eigenvalue weighted by molar-refractivity contribution is 7.06. The third-order valence-corrected chi connectivity index (χ3v) is 10.3. The van der Waals surface area contributed by atoms with E-state index in [1.54, 1.807) is 0 Å². The molecule has 0 aromatic heterocycles. The van der Waals surface area contributed by atoms with Gasteiger partial charge >= 0.3 is 5.97 Å². The van der Waals surface area contributed by atoms with Crippen molar-refractivity contribution in [1.82, 2.24) is 0 Å². The molecule has 0 aliphatic rings. The SMILES string of the molecule is C=C(C(=O)O)C(CC)[SiH2][SiH](OC(C)C)OC(C)C. The van der Waals surface area contributed by atoms with Gasteiger partial charge in [0, 0.05) is 17.8 Å². The van der Waals surface area contributed by atoms with Gasteiger partial charge in [-0.05, 0) is 33.2 Å². The van der Waals surface area contributed by atoms with Crippen LogP contribution >= 0.6 is 0 Å². The van der Waals surface area contributed by atoms with Crippen LogP contribution in [0.4, 0.5) is 0 Å². The van der Waals surface area contributed by atoms with E-state index < -0.39 is 23.8 Å². The van der Waals surface area contributed by atoms with Crippen molar-refractivity contribution >= 4 is 23.8 Å². The van der Waals surface area contributed by atoms with Gasteiger partial charge in [-0.1, -0.05) is 19.9 Å². The summed E-state index contributed by atoms with van der Waals surface area (Å²) in [5.41, 5.74) is 0.401. The molecule has 0 amide bonds. The molecule has 4 nitrogen and oxygen atoms in total. The molecule has 0 fully saturated rings. The molecular weight excluding hydrogens is 264 g/mol. The van der Waals surface area contributed by atoms with Gasteiger partial charge in [0.05, 0.1) is 9.04 Å². The van der Waals surface area contributed by atoms with Gasteiger partial charge in [0.15, 0.2) is 0 Å². The first-order chi connectivity index (χ1) is 8.27. The predicted molar refractivity (Wildman–Crippen MR) is 79.0 cm³/mol. The monoisotopic (exact) mass is 290 g/mol. The Morgan fingerprint density at radius 2 is 1.72 bits per heavy atom. The molecule has 0 saturated heterocycles. The molecule has 0 aromatic carbocycles. The molecule has 1 unspecified atom stereocenters. The third kappa shape index (κ3) is 7.10. The molecule has 1 N–H and O–H groups in total. The number of hydrogen-bond acceptors (Lipinski definition) is 3. The van der Waals surface area contributed by atoms with E-state index in [4.69, 9.17) is 14.0 Å². The Morgan fingerprint density at radius 3 is 2.00 bits per heavy atom. The quantitative estimate of drug-likeness (QED) is 0.517. The van der Waals surface area contributed by atoms with E-state index in [1.807, 2.05) is 34.6 Å². The third-order valence-electron chi connectivity index (χ3n) is 2.59. The van der Waals surface area contributed by atoms with Gasteiger partial charge < -0.3 is 14.0 Å². The van der Waals surface area contributed by atoms with Crippen molar-refractivity contribution in [3.8, 4) is 0 Å². The Morgan fingerprint density at radius 1 is 1.28 bits per heavy atom. The highest BCUT2D eigenvalue weighted by Gasteiger charge is 2.26. The van der Waals surface area contributed by atoms with Gasteiger partial charge in [-0.15, -0.1) is 0 Å². The van der Waals surface area contributed by atoms with E-state index >= 15 is 0 Å². The summed E-state index contributed by atoms with van der Waals surface area (Å²) in [5.74, 6) is -0.892. The number of hydrogen-bond donors (Lipinski definition) is 1. The lowest BCUT2D eigenvalue weighted by Gasteiger charge is -2.25. The van der Waals surface area contributed by atoms with Crippen LogP contribution < -0.4 is 0 Å². The first kappa shape index (κ1) is 17.6. The van der Waals surface area contributed by atoms with Crippen molar-refractivity contribution in [2.75, 3.05) is 0 Å². The Kier molecular flexibility index (Phi) is 8.42. The van der Waals surface area contributed by atoms with E-state index in [1.165, 1.54) is 0 Å². The molecule has 0 aromatic rings. The first-order valence-electron chi connectivity index (χ1n) is 6.50. The van der Waals surface area contributed by atoms with Crippen LogP contribution in [0, 0.1) is 0 Å². The molecule has 6 heteroatoms. The van der Waals surface area contributed by atoms with E-state index in [0.717, 1.165) is 6.42 Å². The maximum atomic E-state index is 11.0. The van der Waals surface area contributed by atoms with Crippen molar-refractivity contribution in [3.05, 3.63) is 12.2 Å². The minimum Gasteiger partial charge on any atom is -0.478 e. The number of aliphatic carboxylic acids is 1. The van der Waals surface area contributed by atoms with Gasteiger partial charge in [0.25, 0.3) is 8.80 Å². The van der Waals surface area contributed by atoms with Crippen LogP contribution in [0.5, 0.6) is 0 Å². The molecule has 0 aliphatic carbocycles. The van der Waals surface area contributed by atoms with Crippen LogP contribution in [0.15, 0.2) is 12.2 Å². The average molecular weight is 291 g/mol. The largest absolute Gasteiger partial charge is 0.478 e. The average Bonchev–Trinajstić information content (AvgIpc) is 2.22. The first-order valence-corrected chi connectivity index (χ1v) is 11.5. The Hall–Kier alpha value is -0.436. The van der Waals surface area contributed by atoms with Crippen molar-refractivity contribution in [1.29, 1.82) is 0 Å². The topological polar surface area (TPSA) is 55.8 Å². The van der Waals surface area contributed by atoms with Crippen LogP contribution in [-0.4, -0.2) is 41.1 Å². The molecule has 18 heavy (non-hydrogen) atoms. The zero-order chi connectivity index (χ0) is 14.3. The second-order valence-corrected chi connectivity index (χ2v) is 11.2. The normalized spacial score (nSPS) is 14.0. The summed E-state index contributed by atoms with van der Waals surface area (Å²) in [5, 5.41) is 9.02. The van der Waals surface area contributed by atoms with Gasteiger partial charge in [0.1, 0.15) is 0 Å². The zero-order valence-electron chi connectivity index (χ0n) is 12.1. The van der Waals surface area contributed by atoms with Crippen molar-refractivity contribution in [2.45, 2.75) is 58.8 Å². The number of carbonyl (C=O) groups is 1. The molecule has 1 atom stereocenters. The van der Waals surface area contributed by atoms with Crippen LogP contribution in [0.1, 0.15) is 41.0 Å². The summed E-state index contributed by atoms with van der Waals surface area (Å²) in [6.45, 7) is 13.6. The predicted octanol–water partition coefficient (Wildman–Crippen LogP) is 1.56. The van der Waals surface area contributed by atoms with Gasteiger partial charge in [-0.2, -0.15) is 0 Å². The Balaban J connectivity index is 4.60. The Bertz CT molecular complexity index is 269. The molecule has 0 rings (SSSR count). The molecular formula is C12H26O4Si2. The molecule has 0 spiro atoms. The lowest BCUT2D eigenvalue weighted by atomic mass is 10.2. The standard InChI is InChI=1S/C12H26O4Si2/c1-7-11(10(6)12(13)14)17-18(15-8(2)3)16-9(4)5/h8-9,11,18H,6-7,17H2,1-5H3,(H,13,14). The highest BCUT2D eigenvalue weighted by Crippen LogP contribution is 2.21. The molecule has 0 saturated carbocycles. The molecule has 106 valence electrons. The Labute approximate surface area is 114 Å². The second kappa shape index (κ2) is 8.63. The van der Waals surface area contributed by atoms with Gasteiger partial charge in [-0.25, -0.2) is 4.79 Å². The van der Waals surface area contributed by atoms with Gasteiger partial charge in [0.2, 0.25) is 0 Å². The number of carboxylic acids is 1. The van der Waals surface area contributed by atoms with E-state index in [0.29, 0.717) is 5.57 Å². The van der Waals surface area contributed by atoms with Crippen LogP contribution in [-0.2, 0) is 13.6 Å². The maximum absolute atomic E-state index is 11.0. The van der Waals surface area contributed by atoms with Crippen LogP contribution in [0.2, 0.25) is 5.54 Å². The second-order valence-electron chi connectivity index (χ2n) is 4.97. The molecule has 0 radical (unpaired) electrons.